The highest BCUT2D eigenvalue weighted by molar-refractivity contribution is 5.68. The second-order valence-corrected chi connectivity index (χ2v) is 8.10. The van der Waals surface area contributed by atoms with Crippen LogP contribution in [0.4, 0.5) is 10.7 Å². The van der Waals surface area contributed by atoms with Gasteiger partial charge in [-0.15, -0.1) is 0 Å². The number of ether oxygens (including phenoxy) is 2. The van der Waals surface area contributed by atoms with Crippen molar-refractivity contribution in [1.29, 1.82) is 0 Å². The Kier molecular flexibility index (Phi) is 7.25. The topological polar surface area (TPSA) is 99.7 Å². The predicted octanol–water partition coefficient (Wildman–Crippen LogP) is 2.99. The highest BCUT2D eigenvalue weighted by atomic mass is 16.6. The zero-order valence-electron chi connectivity index (χ0n) is 17.3. The molecule has 1 aromatic carbocycles. The number of aromatic nitrogens is 2. The summed E-state index contributed by atoms with van der Waals surface area (Å²) < 4.78 is 12.3. The maximum atomic E-state index is 13.4. The maximum Gasteiger partial charge on any atom is 0.410 e. The van der Waals surface area contributed by atoms with E-state index in [4.69, 9.17) is 15.2 Å². The molecule has 2 heterocycles. The Morgan fingerprint density at radius 2 is 1.93 bits per heavy atom. The van der Waals surface area contributed by atoms with E-state index in [-0.39, 0.29) is 32.1 Å². The first-order valence-electron chi connectivity index (χ1n) is 9.63. The molecule has 0 aliphatic carbocycles. The quantitative estimate of drug-likeness (QED) is 0.822. The number of benzene rings is 1. The molecule has 0 unspecified atom stereocenters. The zero-order chi connectivity index (χ0) is 21.2. The summed E-state index contributed by atoms with van der Waals surface area (Å²) in [6, 6.07) is 9.13. The summed E-state index contributed by atoms with van der Waals surface area (Å²) >= 11 is 0. The molecule has 164 valence electrons. The first kappa shape index (κ1) is 23.4. The zero-order valence-corrected chi connectivity index (χ0v) is 17.3. The van der Waals surface area contributed by atoms with E-state index in [1.54, 1.807) is 7.11 Å². The molecule has 1 aromatic heterocycles. The van der Waals surface area contributed by atoms with Crippen LogP contribution in [0.1, 0.15) is 51.1 Å². The molecule has 1 atom stereocenters. The maximum absolute atomic E-state index is 13.4. The van der Waals surface area contributed by atoms with Gasteiger partial charge in [0.05, 0.1) is 30.5 Å². The Morgan fingerprint density at radius 1 is 1.27 bits per heavy atom. The third-order valence-corrected chi connectivity index (χ3v) is 4.76. The van der Waals surface area contributed by atoms with Crippen LogP contribution in [0, 0.1) is 0 Å². The normalized spacial score (nSPS) is 14.5. The van der Waals surface area contributed by atoms with E-state index in [1.807, 2.05) is 51.1 Å². The molecule has 0 saturated carbocycles. The Labute approximate surface area is 177 Å². The number of nitrogen functional groups attached to an aromatic ring is 1. The van der Waals surface area contributed by atoms with Crippen molar-refractivity contribution in [2.45, 2.75) is 52.8 Å². The monoisotopic (exact) mass is 416 g/mol. The largest absolute Gasteiger partial charge is 0.444 e. The van der Waals surface area contributed by atoms with Gasteiger partial charge in [-0.25, -0.2) is 9.78 Å². The number of hydrogen-bond acceptors (Lipinski definition) is 6. The van der Waals surface area contributed by atoms with E-state index in [1.165, 1.54) is 9.47 Å². The number of rotatable bonds is 4. The lowest BCUT2D eigenvalue weighted by Crippen LogP contribution is -2.44. The molecule has 0 radical (unpaired) electrons. The number of anilines is 1. The minimum atomic E-state index is -0.603. The SMILES string of the molecule is C.COC[C@H](c1ccccc1)n1c(N)nc2c(c1=O)CN(C(=O)OC(C)(C)C)CC2. The molecule has 30 heavy (non-hydrogen) atoms. The number of amides is 1. The van der Waals surface area contributed by atoms with Crippen molar-refractivity contribution in [2.24, 2.45) is 0 Å². The number of carbonyl (C=O) groups is 1. The molecule has 2 N–H and O–H groups in total. The van der Waals surface area contributed by atoms with Crippen LogP contribution < -0.4 is 11.3 Å². The van der Waals surface area contributed by atoms with Crippen LogP contribution in [0.25, 0.3) is 0 Å². The summed E-state index contributed by atoms with van der Waals surface area (Å²) in [4.78, 5) is 31.9. The molecular formula is C22H32N4O4. The van der Waals surface area contributed by atoms with E-state index in [9.17, 15) is 9.59 Å². The fourth-order valence-electron chi connectivity index (χ4n) is 3.45. The van der Waals surface area contributed by atoms with Gasteiger partial charge >= 0.3 is 6.09 Å². The lowest BCUT2D eigenvalue weighted by molar-refractivity contribution is 0.0221. The third kappa shape index (κ3) is 4.99. The van der Waals surface area contributed by atoms with Crippen molar-refractivity contribution in [3.8, 4) is 0 Å². The number of nitrogens with two attached hydrogens (primary N) is 1. The molecule has 1 aliphatic heterocycles. The summed E-state index contributed by atoms with van der Waals surface area (Å²) in [6.45, 7) is 6.28. The van der Waals surface area contributed by atoms with Crippen molar-refractivity contribution in [1.82, 2.24) is 14.5 Å². The number of nitrogens with zero attached hydrogens (tertiary/aromatic N) is 3. The molecule has 2 aromatic rings. The lowest BCUT2D eigenvalue weighted by atomic mass is 10.0. The Balaban J connectivity index is 0.00000320. The predicted molar refractivity (Wildman–Crippen MR) is 116 cm³/mol. The number of carbonyl (C=O) groups excluding carboxylic acids is 1. The van der Waals surface area contributed by atoms with E-state index in [2.05, 4.69) is 4.98 Å². The average Bonchev–Trinajstić information content (AvgIpc) is 2.66. The van der Waals surface area contributed by atoms with Crippen molar-refractivity contribution in [3.05, 3.63) is 57.5 Å². The molecule has 8 nitrogen and oxygen atoms in total. The molecule has 0 fully saturated rings. The molecule has 3 rings (SSSR count). The first-order chi connectivity index (χ1) is 13.7. The van der Waals surface area contributed by atoms with Gasteiger partial charge in [0.2, 0.25) is 5.95 Å². The summed E-state index contributed by atoms with van der Waals surface area (Å²) in [5.41, 5.74) is 7.31. The van der Waals surface area contributed by atoms with Gasteiger partial charge in [-0.1, -0.05) is 37.8 Å². The van der Waals surface area contributed by atoms with E-state index in [0.29, 0.717) is 24.2 Å². The van der Waals surface area contributed by atoms with Crippen LogP contribution in [0.3, 0.4) is 0 Å². The first-order valence-corrected chi connectivity index (χ1v) is 9.63. The van der Waals surface area contributed by atoms with Crippen LogP contribution in [0.5, 0.6) is 0 Å². The van der Waals surface area contributed by atoms with Crippen LogP contribution in [-0.2, 0) is 22.4 Å². The fourth-order valence-corrected chi connectivity index (χ4v) is 3.45. The van der Waals surface area contributed by atoms with Crippen molar-refractivity contribution in [3.63, 3.8) is 0 Å². The number of fused-ring (bicyclic) bond motifs is 1. The second kappa shape index (κ2) is 9.30. The Hall–Kier alpha value is -2.87. The second-order valence-electron chi connectivity index (χ2n) is 8.10. The van der Waals surface area contributed by atoms with Crippen LogP contribution >= 0.6 is 0 Å². The minimum absolute atomic E-state index is 0. The molecule has 0 spiro atoms. The highest BCUT2D eigenvalue weighted by Gasteiger charge is 2.30. The standard InChI is InChI=1S/C21H28N4O4.CH4/c1-21(2,3)29-20(27)24-11-10-16-15(12-24)18(26)25(19(22)23-16)17(13-28-4)14-8-6-5-7-9-14;/h5-9,17H,10-13H2,1-4H3,(H2,22,23);1H4/t17-;/m1./s1. The molecular weight excluding hydrogens is 384 g/mol. The van der Waals surface area contributed by atoms with Crippen LogP contribution in [0.15, 0.2) is 35.1 Å². The fraction of sp³-hybridized carbons (Fsp3) is 0.500. The number of methoxy groups -OCH3 is 1. The average molecular weight is 417 g/mol. The van der Waals surface area contributed by atoms with E-state index in [0.717, 1.165) is 5.56 Å². The van der Waals surface area contributed by atoms with Gasteiger partial charge < -0.3 is 20.1 Å². The van der Waals surface area contributed by atoms with Gasteiger partial charge in [-0.05, 0) is 26.3 Å². The molecule has 1 amide bonds. The molecule has 0 saturated heterocycles. The van der Waals surface area contributed by atoms with Gasteiger partial charge in [-0.3, -0.25) is 9.36 Å². The Morgan fingerprint density at radius 3 is 2.53 bits per heavy atom. The van der Waals surface area contributed by atoms with E-state index < -0.39 is 17.7 Å². The molecule has 0 bridgehead atoms. The van der Waals surface area contributed by atoms with Crippen molar-refractivity contribution >= 4 is 12.0 Å². The van der Waals surface area contributed by atoms with Gasteiger partial charge in [0, 0.05) is 20.1 Å². The summed E-state index contributed by atoms with van der Waals surface area (Å²) in [5.74, 6) is 0.144. The van der Waals surface area contributed by atoms with Crippen molar-refractivity contribution in [2.75, 3.05) is 26.0 Å². The van der Waals surface area contributed by atoms with Crippen LogP contribution in [0.2, 0.25) is 0 Å². The van der Waals surface area contributed by atoms with Gasteiger partial charge in [0.15, 0.2) is 0 Å². The summed E-state index contributed by atoms with van der Waals surface area (Å²) in [6.07, 6.45) is 0.0113. The van der Waals surface area contributed by atoms with Gasteiger partial charge in [0.1, 0.15) is 5.60 Å². The van der Waals surface area contributed by atoms with E-state index >= 15 is 0 Å². The summed E-state index contributed by atoms with van der Waals surface area (Å²) in [5, 5.41) is 0. The minimum Gasteiger partial charge on any atom is -0.444 e. The van der Waals surface area contributed by atoms with Crippen LogP contribution in [-0.4, -0.2) is 46.4 Å². The van der Waals surface area contributed by atoms with Gasteiger partial charge in [0.25, 0.3) is 5.56 Å². The van der Waals surface area contributed by atoms with Crippen molar-refractivity contribution < 1.29 is 14.3 Å². The smallest absolute Gasteiger partial charge is 0.410 e. The Bertz CT molecular complexity index is 935. The number of hydrogen-bond donors (Lipinski definition) is 1. The molecule has 1 aliphatic rings. The lowest BCUT2D eigenvalue weighted by Gasteiger charge is -2.31. The molecule has 8 heteroatoms. The summed E-state index contributed by atoms with van der Waals surface area (Å²) in [7, 11) is 1.58. The van der Waals surface area contributed by atoms with Gasteiger partial charge in [-0.2, -0.15) is 0 Å². The highest BCUT2D eigenvalue weighted by Crippen LogP contribution is 2.23. The third-order valence-electron chi connectivity index (χ3n) is 4.76.